The van der Waals surface area contributed by atoms with E-state index >= 15 is 0 Å². The second-order valence-electron chi connectivity index (χ2n) is 8.63. The van der Waals surface area contributed by atoms with Crippen LogP contribution in [0.25, 0.3) is 11.1 Å². The van der Waals surface area contributed by atoms with Crippen molar-refractivity contribution in [3.05, 3.63) is 77.1 Å². The highest BCUT2D eigenvalue weighted by Gasteiger charge is 2.43. The van der Waals surface area contributed by atoms with Gasteiger partial charge in [0.25, 0.3) is 0 Å². The number of rotatable bonds is 4. The van der Waals surface area contributed by atoms with Crippen LogP contribution >= 0.6 is 11.6 Å². The van der Waals surface area contributed by atoms with Gasteiger partial charge in [-0.3, -0.25) is 0 Å². The second-order valence-corrected chi connectivity index (χ2v) is 11.0. The molecule has 0 spiro atoms. The van der Waals surface area contributed by atoms with Crippen molar-refractivity contribution >= 4 is 39.0 Å². The summed E-state index contributed by atoms with van der Waals surface area (Å²) in [6.07, 6.45) is 0. The van der Waals surface area contributed by atoms with Crippen molar-refractivity contribution in [2.75, 3.05) is 31.7 Å². The lowest BCUT2D eigenvalue weighted by atomic mass is 9.97. The van der Waals surface area contributed by atoms with Gasteiger partial charge in [-0.15, -0.1) is 0 Å². The summed E-state index contributed by atoms with van der Waals surface area (Å²) in [5.74, 6) is -2.27. The van der Waals surface area contributed by atoms with E-state index in [0.29, 0.717) is 36.6 Å². The third-order valence-corrected chi connectivity index (χ3v) is 8.84. The SMILES string of the molecule is CN1[C@H](C2COC2)CN(c2ccccc2)c2cc(Cl)c(-c3ccc(F)c(C(=O)O)c3)cc2S1(=O)=O. The third kappa shape index (κ3) is 4.08. The monoisotopic (exact) mass is 516 g/mol. The summed E-state index contributed by atoms with van der Waals surface area (Å²) >= 11 is 6.64. The van der Waals surface area contributed by atoms with Gasteiger partial charge in [0.2, 0.25) is 10.0 Å². The molecule has 0 aliphatic carbocycles. The molecule has 0 bridgehead atoms. The molecule has 3 aromatic carbocycles. The molecule has 1 fully saturated rings. The third-order valence-electron chi connectivity index (χ3n) is 6.62. The molecule has 1 atom stereocenters. The number of sulfonamides is 1. The smallest absolute Gasteiger partial charge is 0.338 e. The van der Waals surface area contributed by atoms with E-state index in [2.05, 4.69) is 0 Å². The van der Waals surface area contributed by atoms with Crippen LogP contribution in [0, 0.1) is 11.7 Å². The zero-order valence-electron chi connectivity index (χ0n) is 18.7. The fourth-order valence-electron chi connectivity index (χ4n) is 4.55. The number of halogens is 2. The number of carboxylic acid groups (broad SMARTS) is 1. The Hall–Kier alpha value is -2.98. The van der Waals surface area contributed by atoms with Crippen LogP contribution in [-0.4, -0.2) is 56.6 Å². The van der Waals surface area contributed by atoms with Crippen molar-refractivity contribution < 1.29 is 27.4 Å². The first-order chi connectivity index (χ1) is 16.7. The second kappa shape index (κ2) is 8.91. The number of fused-ring (bicyclic) bond motifs is 1. The molecule has 7 nitrogen and oxygen atoms in total. The average molecular weight is 517 g/mol. The highest BCUT2D eigenvalue weighted by atomic mass is 35.5. The van der Waals surface area contributed by atoms with Gasteiger partial charge in [0, 0.05) is 36.8 Å². The molecule has 1 N–H and O–H groups in total. The zero-order chi connectivity index (χ0) is 24.9. The van der Waals surface area contributed by atoms with E-state index < -0.39 is 27.4 Å². The molecule has 0 saturated carbocycles. The number of nitrogens with zero attached hydrogens (tertiary/aromatic N) is 2. The van der Waals surface area contributed by atoms with Gasteiger partial charge < -0.3 is 14.7 Å². The summed E-state index contributed by atoms with van der Waals surface area (Å²) in [6.45, 7) is 1.35. The predicted octanol–water partition coefficient (Wildman–Crippen LogP) is 4.63. The molecule has 3 aromatic rings. The van der Waals surface area contributed by atoms with E-state index in [9.17, 15) is 22.7 Å². The normalized spacial score (nSPS) is 20.1. The maximum absolute atomic E-state index is 14.0. The van der Waals surface area contributed by atoms with Crippen LogP contribution < -0.4 is 4.90 Å². The number of ether oxygens (including phenoxy) is 1. The molecular weight excluding hydrogens is 495 g/mol. The Morgan fingerprint density at radius 1 is 1.11 bits per heavy atom. The van der Waals surface area contributed by atoms with E-state index in [0.717, 1.165) is 17.8 Å². The van der Waals surface area contributed by atoms with Gasteiger partial charge in [0.15, 0.2) is 0 Å². The molecule has 182 valence electrons. The molecule has 2 heterocycles. The number of carbonyl (C=O) groups is 1. The van der Waals surface area contributed by atoms with Crippen molar-refractivity contribution in [2.24, 2.45) is 5.92 Å². The molecule has 10 heteroatoms. The lowest BCUT2D eigenvalue weighted by Gasteiger charge is -2.39. The Labute approximate surface area is 207 Å². The molecule has 35 heavy (non-hydrogen) atoms. The van der Waals surface area contributed by atoms with Crippen molar-refractivity contribution in [3.63, 3.8) is 0 Å². The van der Waals surface area contributed by atoms with E-state index in [1.54, 1.807) is 13.1 Å². The van der Waals surface area contributed by atoms with Gasteiger partial charge in [-0.2, -0.15) is 4.31 Å². The Morgan fingerprint density at radius 3 is 2.46 bits per heavy atom. The highest BCUT2D eigenvalue weighted by Crippen LogP contribution is 2.44. The van der Waals surface area contributed by atoms with Crippen molar-refractivity contribution in [1.29, 1.82) is 0 Å². The molecule has 0 aromatic heterocycles. The van der Waals surface area contributed by atoms with Gasteiger partial charge in [0.1, 0.15) is 10.7 Å². The van der Waals surface area contributed by atoms with Gasteiger partial charge in [-0.05, 0) is 42.0 Å². The van der Waals surface area contributed by atoms with Crippen LogP contribution in [0.4, 0.5) is 15.8 Å². The fraction of sp³-hybridized carbons (Fsp3) is 0.240. The average Bonchev–Trinajstić information content (AvgIpc) is 2.87. The lowest BCUT2D eigenvalue weighted by molar-refractivity contribution is -0.0573. The van der Waals surface area contributed by atoms with Gasteiger partial charge in [-0.25, -0.2) is 17.6 Å². The van der Waals surface area contributed by atoms with Crippen LogP contribution in [-0.2, 0) is 14.8 Å². The molecule has 0 radical (unpaired) electrons. The zero-order valence-corrected chi connectivity index (χ0v) is 20.3. The minimum atomic E-state index is -3.96. The number of carboxylic acids is 1. The summed E-state index contributed by atoms with van der Waals surface area (Å²) in [5, 5.41) is 9.55. The van der Waals surface area contributed by atoms with Crippen molar-refractivity contribution in [1.82, 2.24) is 4.31 Å². The van der Waals surface area contributed by atoms with Gasteiger partial charge in [-0.1, -0.05) is 35.9 Å². The van der Waals surface area contributed by atoms with E-state index in [4.69, 9.17) is 16.3 Å². The van der Waals surface area contributed by atoms with Crippen LogP contribution in [0.3, 0.4) is 0 Å². The number of para-hydroxylation sites is 1. The number of benzene rings is 3. The summed E-state index contributed by atoms with van der Waals surface area (Å²) in [7, 11) is -2.40. The van der Waals surface area contributed by atoms with E-state index in [1.165, 1.54) is 16.4 Å². The van der Waals surface area contributed by atoms with Crippen LogP contribution in [0.1, 0.15) is 10.4 Å². The van der Waals surface area contributed by atoms with E-state index in [1.807, 2.05) is 35.2 Å². The summed E-state index contributed by atoms with van der Waals surface area (Å²) in [5.41, 5.74) is 1.30. The quantitative estimate of drug-likeness (QED) is 0.544. The fourth-order valence-corrected chi connectivity index (χ4v) is 6.42. The van der Waals surface area contributed by atoms with Crippen LogP contribution in [0.5, 0.6) is 0 Å². The minimum Gasteiger partial charge on any atom is -0.478 e. The molecule has 2 aliphatic heterocycles. The Morgan fingerprint density at radius 2 is 1.83 bits per heavy atom. The topological polar surface area (TPSA) is 87.2 Å². The minimum absolute atomic E-state index is 0.0344. The first-order valence-corrected chi connectivity index (χ1v) is 12.8. The Balaban J connectivity index is 1.73. The lowest BCUT2D eigenvalue weighted by Crippen LogP contribution is -2.52. The largest absolute Gasteiger partial charge is 0.478 e. The molecular formula is C25H22ClFN2O5S. The van der Waals surface area contributed by atoms with Gasteiger partial charge in [0.05, 0.1) is 29.5 Å². The van der Waals surface area contributed by atoms with Crippen LogP contribution in [0.15, 0.2) is 65.6 Å². The van der Waals surface area contributed by atoms with Gasteiger partial charge >= 0.3 is 5.97 Å². The van der Waals surface area contributed by atoms with E-state index in [-0.39, 0.29) is 21.9 Å². The standard InChI is InChI=1S/C25H22ClFN2O5S/c1-28-23(16-13-34-14-16)12-29(17-5-3-2-4-6-17)22-11-20(26)18(10-24(22)35(28,32)33)15-7-8-21(27)19(9-15)25(30)31/h2-11,16,23H,12-14H2,1H3,(H,30,31)/t23-/m0/s1. The molecule has 0 unspecified atom stereocenters. The molecule has 0 amide bonds. The molecule has 5 rings (SSSR count). The van der Waals surface area contributed by atoms with Crippen LogP contribution in [0.2, 0.25) is 5.02 Å². The summed E-state index contributed by atoms with van der Waals surface area (Å²) < 4.78 is 48.4. The Kier molecular flexibility index (Phi) is 6.04. The predicted molar refractivity (Wildman–Crippen MR) is 130 cm³/mol. The highest BCUT2D eigenvalue weighted by molar-refractivity contribution is 7.89. The first kappa shape index (κ1) is 23.7. The molecule has 1 saturated heterocycles. The first-order valence-electron chi connectivity index (χ1n) is 10.9. The maximum Gasteiger partial charge on any atom is 0.338 e. The summed E-state index contributed by atoms with van der Waals surface area (Å²) in [6, 6.07) is 15.7. The number of hydrogen-bond acceptors (Lipinski definition) is 5. The molecule has 2 aliphatic rings. The Bertz CT molecular complexity index is 1410. The number of aromatic carboxylic acids is 1. The maximum atomic E-state index is 14.0. The number of hydrogen-bond donors (Lipinski definition) is 1. The summed E-state index contributed by atoms with van der Waals surface area (Å²) in [4.78, 5) is 13.4. The van der Waals surface area contributed by atoms with Crippen molar-refractivity contribution in [2.45, 2.75) is 10.9 Å². The number of likely N-dealkylation sites (N-methyl/N-ethyl adjacent to an activating group) is 1. The van der Waals surface area contributed by atoms with Crippen molar-refractivity contribution in [3.8, 4) is 11.1 Å². The number of anilines is 2.